The molecule has 142 valence electrons. The first-order chi connectivity index (χ1) is 11.2. The number of rotatable bonds is 5. The van der Waals surface area contributed by atoms with Crippen molar-refractivity contribution in [2.45, 2.75) is 38.4 Å². The molecule has 2 aliphatic rings. The zero-order valence-corrected chi connectivity index (χ0v) is 16.1. The van der Waals surface area contributed by atoms with Crippen LogP contribution in [-0.4, -0.2) is 43.2 Å². The van der Waals surface area contributed by atoms with Crippen molar-refractivity contribution in [3.8, 4) is 0 Å². The SMILES string of the molecule is Cl.Cl.NC1CCC(C(=O)NCc2ccc(CN3CCOCC3)cc2)C1. The zero-order chi connectivity index (χ0) is 16.1. The fraction of sp³-hybridized carbons (Fsp3) is 0.611. The molecule has 5 nitrogen and oxygen atoms in total. The maximum atomic E-state index is 12.1. The zero-order valence-electron chi connectivity index (χ0n) is 14.5. The van der Waals surface area contributed by atoms with Crippen LogP contribution in [0.4, 0.5) is 0 Å². The summed E-state index contributed by atoms with van der Waals surface area (Å²) in [5, 5.41) is 3.04. The van der Waals surface area contributed by atoms with Crippen molar-refractivity contribution in [3.63, 3.8) is 0 Å². The van der Waals surface area contributed by atoms with Crippen LogP contribution < -0.4 is 11.1 Å². The van der Waals surface area contributed by atoms with Crippen LogP contribution in [0.5, 0.6) is 0 Å². The molecule has 2 fully saturated rings. The number of halogens is 2. The highest BCUT2D eigenvalue weighted by molar-refractivity contribution is 5.85. The largest absolute Gasteiger partial charge is 0.379 e. The third-order valence-electron chi connectivity index (χ3n) is 4.84. The van der Waals surface area contributed by atoms with Crippen LogP contribution in [-0.2, 0) is 22.6 Å². The van der Waals surface area contributed by atoms with Gasteiger partial charge >= 0.3 is 0 Å². The molecule has 1 aromatic carbocycles. The Hall–Kier alpha value is -0.850. The molecule has 1 aliphatic carbocycles. The summed E-state index contributed by atoms with van der Waals surface area (Å²) in [4.78, 5) is 14.5. The predicted molar refractivity (Wildman–Crippen MR) is 104 cm³/mol. The Bertz CT molecular complexity index is 522. The molecule has 3 rings (SSSR count). The lowest BCUT2D eigenvalue weighted by molar-refractivity contribution is -0.125. The number of nitrogens with one attached hydrogen (secondary N) is 1. The van der Waals surface area contributed by atoms with E-state index in [-0.39, 0.29) is 42.7 Å². The molecular weight excluding hydrogens is 361 g/mol. The van der Waals surface area contributed by atoms with E-state index >= 15 is 0 Å². The highest BCUT2D eigenvalue weighted by Gasteiger charge is 2.27. The van der Waals surface area contributed by atoms with Crippen LogP contribution in [0, 0.1) is 5.92 Å². The van der Waals surface area contributed by atoms with Crippen LogP contribution in [0.25, 0.3) is 0 Å². The number of nitrogens with zero attached hydrogens (tertiary/aromatic N) is 1. The Morgan fingerprint density at radius 1 is 1.12 bits per heavy atom. The molecule has 1 heterocycles. The van der Waals surface area contributed by atoms with Gasteiger partial charge < -0.3 is 15.8 Å². The number of benzene rings is 1. The van der Waals surface area contributed by atoms with Crippen molar-refractivity contribution >= 4 is 30.7 Å². The average molecular weight is 390 g/mol. The first kappa shape index (κ1) is 22.2. The van der Waals surface area contributed by atoms with Gasteiger partial charge in [0.25, 0.3) is 0 Å². The number of hydrogen-bond donors (Lipinski definition) is 2. The smallest absolute Gasteiger partial charge is 0.223 e. The van der Waals surface area contributed by atoms with Crippen molar-refractivity contribution in [1.29, 1.82) is 0 Å². The van der Waals surface area contributed by atoms with E-state index in [0.29, 0.717) is 6.54 Å². The van der Waals surface area contributed by atoms with Gasteiger partial charge in [-0.05, 0) is 30.4 Å². The molecule has 25 heavy (non-hydrogen) atoms. The summed E-state index contributed by atoms with van der Waals surface area (Å²) < 4.78 is 5.37. The molecule has 7 heteroatoms. The predicted octanol–water partition coefficient (Wildman–Crippen LogP) is 2.11. The van der Waals surface area contributed by atoms with Gasteiger partial charge in [0.1, 0.15) is 0 Å². The molecule has 2 unspecified atom stereocenters. The third-order valence-corrected chi connectivity index (χ3v) is 4.84. The second-order valence-electron chi connectivity index (χ2n) is 6.69. The summed E-state index contributed by atoms with van der Waals surface area (Å²) in [6.07, 6.45) is 2.71. The summed E-state index contributed by atoms with van der Waals surface area (Å²) >= 11 is 0. The minimum atomic E-state index is 0. The first-order valence-electron chi connectivity index (χ1n) is 8.62. The van der Waals surface area contributed by atoms with Gasteiger partial charge in [0.15, 0.2) is 0 Å². The minimum absolute atomic E-state index is 0. The molecule has 1 amide bonds. The molecule has 1 aromatic rings. The number of carbonyl (C=O) groups excluding carboxylic acids is 1. The average Bonchev–Trinajstić information content (AvgIpc) is 3.01. The topological polar surface area (TPSA) is 67.6 Å². The van der Waals surface area contributed by atoms with Crippen molar-refractivity contribution < 1.29 is 9.53 Å². The third kappa shape index (κ3) is 6.76. The fourth-order valence-electron chi connectivity index (χ4n) is 3.37. The molecule has 2 atom stereocenters. The molecule has 1 saturated heterocycles. The summed E-state index contributed by atoms with van der Waals surface area (Å²) in [5.41, 5.74) is 8.33. The van der Waals surface area contributed by atoms with Crippen LogP contribution in [0.15, 0.2) is 24.3 Å². The Morgan fingerprint density at radius 3 is 2.36 bits per heavy atom. The van der Waals surface area contributed by atoms with Crippen molar-refractivity contribution in [1.82, 2.24) is 10.2 Å². The van der Waals surface area contributed by atoms with Crippen molar-refractivity contribution in [2.24, 2.45) is 11.7 Å². The lowest BCUT2D eigenvalue weighted by atomic mass is 10.1. The molecular formula is C18H29Cl2N3O2. The molecule has 1 aliphatic heterocycles. The van der Waals surface area contributed by atoms with Gasteiger partial charge in [-0.1, -0.05) is 24.3 Å². The van der Waals surface area contributed by atoms with Crippen LogP contribution in [0.3, 0.4) is 0 Å². The fourth-order valence-corrected chi connectivity index (χ4v) is 3.37. The van der Waals surface area contributed by atoms with E-state index in [4.69, 9.17) is 10.5 Å². The van der Waals surface area contributed by atoms with Gasteiger partial charge in [0.05, 0.1) is 13.2 Å². The van der Waals surface area contributed by atoms with Crippen LogP contribution >= 0.6 is 24.8 Å². The van der Waals surface area contributed by atoms with Gasteiger partial charge in [-0.3, -0.25) is 9.69 Å². The monoisotopic (exact) mass is 389 g/mol. The Morgan fingerprint density at radius 2 is 1.76 bits per heavy atom. The van der Waals surface area contributed by atoms with E-state index in [1.807, 2.05) is 0 Å². The quantitative estimate of drug-likeness (QED) is 0.808. The lowest BCUT2D eigenvalue weighted by Gasteiger charge is -2.26. The number of carbonyl (C=O) groups is 1. The number of morpholine rings is 1. The Kier molecular flexibility index (Phi) is 9.75. The van der Waals surface area contributed by atoms with Crippen molar-refractivity contribution in [3.05, 3.63) is 35.4 Å². The number of amides is 1. The second-order valence-corrected chi connectivity index (χ2v) is 6.69. The van der Waals surface area contributed by atoms with E-state index in [2.05, 4.69) is 34.5 Å². The van der Waals surface area contributed by atoms with E-state index in [0.717, 1.165) is 57.7 Å². The number of hydrogen-bond acceptors (Lipinski definition) is 4. The number of ether oxygens (including phenoxy) is 1. The summed E-state index contributed by atoms with van der Waals surface area (Å²) in [5.74, 6) is 0.251. The van der Waals surface area contributed by atoms with Crippen LogP contribution in [0.1, 0.15) is 30.4 Å². The Labute approximate surface area is 162 Å². The number of nitrogens with two attached hydrogens (primary N) is 1. The molecule has 3 N–H and O–H groups in total. The highest BCUT2D eigenvalue weighted by Crippen LogP contribution is 2.24. The maximum absolute atomic E-state index is 12.1. The van der Waals surface area contributed by atoms with Gasteiger partial charge in [-0.2, -0.15) is 0 Å². The second kappa shape index (κ2) is 11.0. The standard InChI is InChI=1S/C18H27N3O2.2ClH/c19-17-6-5-16(11-17)18(22)20-12-14-1-3-15(4-2-14)13-21-7-9-23-10-8-21;;/h1-4,16-17H,5-13,19H2,(H,20,22);2*1H. The van der Waals surface area contributed by atoms with E-state index in [1.54, 1.807) is 0 Å². The van der Waals surface area contributed by atoms with Gasteiger partial charge in [0, 0.05) is 38.1 Å². The van der Waals surface area contributed by atoms with E-state index in [9.17, 15) is 4.79 Å². The van der Waals surface area contributed by atoms with E-state index in [1.165, 1.54) is 5.56 Å². The first-order valence-corrected chi connectivity index (χ1v) is 8.62. The summed E-state index contributed by atoms with van der Waals surface area (Å²) in [6.45, 7) is 5.23. The molecule has 0 aromatic heterocycles. The molecule has 0 bridgehead atoms. The lowest BCUT2D eigenvalue weighted by Crippen LogP contribution is -2.35. The van der Waals surface area contributed by atoms with Gasteiger partial charge in [0.2, 0.25) is 5.91 Å². The normalized spacial score (nSPS) is 23.4. The summed E-state index contributed by atoms with van der Waals surface area (Å²) in [7, 11) is 0. The molecule has 0 spiro atoms. The molecule has 1 saturated carbocycles. The van der Waals surface area contributed by atoms with Gasteiger partial charge in [-0.25, -0.2) is 0 Å². The van der Waals surface area contributed by atoms with E-state index < -0.39 is 0 Å². The van der Waals surface area contributed by atoms with Crippen LogP contribution in [0.2, 0.25) is 0 Å². The maximum Gasteiger partial charge on any atom is 0.223 e. The minimum Gasteiger partial charge on any atom is -0.379 e. The Balaban J connectivity index is 0.00000156. The van der Waals surface area contributed by atoms with Gasteiger partial charge in [-0.15, -0.1) is 24.8 Å². The summed E-state index contributed by atoms with van der Waals surface area (Å²) in [6, 6.07) is 8.72. The van der Waals surface area contributed by atoms with Crippen molar-refractivity contribution in [2.75, 3.05) is 26.3 Å². The highest BCUT2D eigenvalue weighted by atomic mass is 35.5. The molecule has 0 radical (unpaired) electrons.